The van der Waals surface area contributed by atoms with Crippen molar-refractivity contribution in [3.8, 4) is 0 Å². The zero-order valence-corrected chi connectivity index (χ0v) is 8.29. The Morgan fingerprint density at radius 3 is 2.93 bits per heavy atom. The molecule has 1 aromatic carbocycles. The smallest absolute Gasteiger partial charge is 0.114 e. The average Bonchev–Trinajstić information content (AvgIpc) is 2.18. The Kier molecular flexibility index (Phi) is 2.37. The van der Waals surface area contributed by atoms with Crippen molar-refractivity contribution in [3.05, 3.63) is 29.3 Å². The molecule has 1 atom stereocenters. The summed E-state index contributed by atoms with van der Waals surface area (Å²) in [6, 6.07) is 6.03. The first-order valence-electron chi connectivity index (χ1n) is 5.00. The highest BCUT2D eigenvalue weighted by Crippen LogP contribution is 2.24. The lowest BCUT2D eigenvalue weighted by Gasteiger charge is -2.34. The lowest BCUT2D eigenvalue weighted by Crippen LogP contribution is -2.51. The van der Waals surface area contributed by atoms with Crippen molar-refractivity contribution in [2.45, 2.75) is 24.8 Å². The Morgan fingerprint density at radius 2 is 2.21 bits per heavy atom. The van der Waals surface area contributed by atoms with E-state index < -0.39 is 0 Å². The van der Waals surface area contributed by atoms with E-state index in [2.05, 4.69) is 6.07 Å². The Morgan fingerprint density at radius 1 is 1.43 bits per heavy atom. The Bertz CT molecular complexity index is 351. The van der Waals surface area contributed by atoms with Crippen molar-refractivity contribution in [1.29, 1.82) is 0 Å². The molecular formula is C11H15BN2. The van der Waals surface area contributed by atoms with Gasteiger partial charge in [-0.2, -0.15) is 0 Å². The van der Waals surface area contributed by atoms with Crippen LogP contribution in [0.5, 0.6) is 0 Å². The van der Waals surface area contributed by atoms with Crippen LogP contribution in [0.15, 0.2) is 18.2 Å². The second kappa shape index (κ2) is 3.41. The molecule has 1 unspecified atom stereocenters. The quantitative estimate of drug-likeness (QED) is 0.587. The normalized spacial score (nSPS) is 25.9. The second-order valence-corrected chi connectivity index (χ2v) is 4.23. The highest BCUT2D eigenvalue weighted by atomic mass is 14.8. The second-order valence-electron chi connectivity index (χ2n) is 4.23. The number of benzene rings is 1. The summed E-state index contributed by atoms with van der Waals surface area (Å²) in [4.78, 5) is 0. The molecule has 1 aliphatic carbocycles. The van der Waals surface area contributed by atoms with Gasteiger partial charge in [0, 0.05) is 12.1 Å². The summed E-state index contributed by atoms with van der Waals surface area (Å²) in [5, 5.41) is 0. The molecule has 1 aromatic rings. The monoisotopic (exact) mass is 186 g/mol. The summed E-state index contributed by atoms with van der Waals surface area (Å²) in [5.74, 6) is 0. The highest BCUT2D eigenvalue weighted by molar-refractivity contribution is 6.33. The van der Waals surface area contributed by atoms with E-state index in [-0.39, 0.29) is 5.54 Å². The van der Waals surface area contributed by atoms with Gasteiger partial charge in [0.05, 0.1) is 0 Å². The molecule has 4 N–H and O–H groups in total. The van der Waals surface area contributed by atoms with Crippen LogP contribution in [-0.4, -0.2) is 19.9 Å². The van der Waals surface area contributed by atoms with Crippen LogP contribution < -0.4 is 16.9 Å². The fourth-order valence-corrected chi connectivity index (χ4v) is 2.14. The van der Waals surface area contributed by atoms with Crippen LogP contribution in [0, 0.1) is 0 Å². The Balaban J connectivity index is 2.36. The number of fused-ring (bicyclic) bond motifs is 1. The van der Waals surface area contributed by atoms with Gasteiger partial charge in [-0.3, -0.25) is 0 Å². The molecule has 0 saturated carbocycles. The van der Waals surface area contributed by atoms with E-state index in [0.29, 0.717) is 6.54 Å². The van der Waals surface area contributed by atoms with Gasteiger partial charge in [-0.05, 0) is 24.8 Å². The predicted octanol–water partition coefficient (Wildman–Crippen LogP) is -0.375. The van der Waals surface area contributed by atoms with E-state index in [1.165, 1.54) is 11.1 Å². The van der Waals surface area contributed by atoms with Gasteiger partial charge in [0.1, 0.15) is 7.85 Å². The predicted molar refractivity (Wildman–Crippen MR) is 59.8 cm³/mol. The van der Waals surface area contributed by atoms with Crippen molar-refractivity contribution < 1.29 is 0 Å². The molecule has 1 aliphatic rings. The van der Waals surface area contributed by atoms with Gasteiger partial charge in [0.25, 0.3) is 0 Å². The van der Waals surface area contributed by atoms with Crippen LogP contribution in [0.4, 0.5) is 0 Å². The van der Waals surface area contributed by atoms with Crippen LogP contribution in [0.1, 0.15) is 17.5 Å². The SMILES string of the molecule is [B]c1cccc2c1CCC(N)(CN)C2. The molecule has 2 nitrogen and oxygen atoms in total. The van der Waals surface area contributed by atoms with E-state index in [1.807, 2.05) is 12.1 Å². The van der Waals surface area contributed by atoms with Crippen LogP contribution in [0.25, 0.3) is 0 Å². The highest BCUT2D eigenvalue weighted by Gasteiger charge is 2.29. The number of hydrogen-bond acceptors (Lipinski definition) is 2. The van der Waals surface area contributed by atoms with Gasteiger partial charge in [-0.25, -0.2) is 0 Å². The number of hydrogen-bond donors (Lipinski definition) is 2. The van der Waals surface area contributed by atoms with Gasteiger partial charge in [-0.15, -0.1) is 0 Å². The summed E-state index contributed by atoms with van der Waals surface area (Å²) < 4.78 is 0. The van der Waals surface area contributed by atoms with Crippen molar-refractivity contribution in [2.24, 2.45) is 11.5 Å². The summed E-state index contributed by atoms with van der Waals surface area (Å²) in [5.41, 5.74) is 15.0. The van der Waals surface area contributed by atoms with Crippen molar-refractivity contribution in [2.75, 3.05) is 6.54 Å². The Hall–Kier alpha value is -0.795. The molecule has 0 aromatic heterocycles. The van der Waals surface area contributed by atoms with Gasteiger partial charge in [0.15, 0.2) is 0 Å². The summed E-state index contributed by atoms with van der Waals surface area (Å²) >= 11 is 0. The first-order chi connectivity index (χ1) is 6.64. The maximum absolute atomic E-state index is 6.16. The molecule has 2 rings (SSSR count). The maximum Gasteiger partial charge on any atom is 0.114 e. The van der Waals surface area contributed by atoms with Crippen LogP contribution in [-0.2, 0) is 12.8 Å². The van der Waals surface area contributed by atoms with E-state index in [0.717, 1.165) is 24.7 Å². The molecule has 14 heavy (non-hydrogen) atoms. The van der Waals surface area contributed by atoms with Crippen LogP contribution in [0.2, 0.25) is 0 Å². The average molecular weight is 186 g/mol. The maximum atomic E-state index is 6.16. The van der Waals surface area contributed by atoms with E-state index in [4.69, 9.17) is 19.3 Å². The Labute approximate surface area is 86.1 Å². The number of rotatable bonds is 1. The molecule has 0 fully saturated rings. The molecule has 0 amide bonds. The van der Waals surface area contributed by atoms with E-state index in [9.17, 15) is 0 Å². The largest absolute Gasteiger partial charge is 0.329 e. The van der Waals surface area contributed by atoms with Crippen molar-refractivity contribution >= 4 is 13.3 Å². The molecular weight excluding hydrogens is 171 g/mol. The standard InChI is InChI=1S/C11H15BN2/c12-10-3-1-2-8-6-11(14,7-13)5-4-9(8)10/h1-3H,4-7,13-14H2. The van der Waals surface area contributed by atoms with E-state index >= 15 is 0 Å². The summed E-state index contributed by atoms with van der Waals surface area (Å²) in [7, 11) is 5.90. The van der Waals surface area contributed by atoms with Gasteiger partial charge >= 0.3 is 0 Å². The third kappa shape index (κ3) is 1.58. The number of nitrogens with two attached hydrogens (primary N) is 2. The lowest BCUT2D eigenvalue weighted by atomic mass is 9.74. The first kappa shape index (κ1) is 9.75. The molecule has 72 valence electrons. The fraction of sp³-hybridized carbons (Fsp3) is 0.455. The minimum atomic E-state index is -0.221. The minimum Gasteiger partial charge on any atom is -0.329 e. The molecule has 0 spiro atoms. The zero-order valence-electron chi connectivity index (χ0n) is 8.29. The molecule has 0 aliphatic heterocycles. The van der Waals surface area contributed by atoms with Gasteiger partial charge in [0.2, 0.25) is 0 Å². The molecule has 0 bridgehead atoms. The third-order valence-electron chi connectivity index (χ3n) is 3.13. The minimum absolute atomic E-state index is 0.221. The first-order valence-corrected chi connectivity index (χ1v) is 5.00. The van der Waals surface area contributed by atoms with Gasteiger partial charge < -0.3 is 11.5 Å². The summed E-state index contributed by atoms with van der Waals surface area (Å²) in [6.45, 7) is 0.543. The topological polar surface area (TPSA) is 52.0 Å². The van der Waals surface area contributed by atoms with Crippen LogP contribution in [0.3, 0.4) is 0 Å². The van der Waals surface area contributed by atoms with Crippen molar-refractivity contribution in [1.82, 2.24) is 0 Å². The fourth-order valence-electron chi connectivity index (χ4n) is 2.14. The molecule has 0 heterocycles. The van der Waals surface area contributed by atoms with Gasteiger partial charge in [-0.1, -0.05) is 29.2 Å². The molecule has 0 saturated heterocycles. The van der Waals surface area contributed by atoms with Crippen molar-refractivity contribution in [3.63, 3.8) is 0 Å². The third-order valence-corrected chi connectivity index (χ3v) is 3.13. The van der Waals surface area contributed by atoms with Crippen LogP contribution >= 0.6 is 0 Å². The molecule has 3 heteroatoms. The molecule has 2 radical (unpaired) electrons. The zero-order chi connectivity index (χ0) is 10.2. The van der Waals surface area contributed by atoms with E-state index in [1.54, 1.807) is 0 Å². The summed E-state index contributed by atoms with van der Waals surface area (Å²) in [6.07, 6.45) is 2.74. The lowest BCUT2D eigenvalue weighted by molar-refractivity contribution is 0.382.